The Hall–Kier alpha value is 0.580. The van der Waals surface area contributed by atoms with E-state index in [2.05, 4.69) is 51.8 Å². The summed E-state index contributed by atoms with van der Waals surface area (Å²) in [5.74, 6) is 0. The summed E-state index contributed by atoms with van der Waals surface area (Å²) in [7, 11) is 0. The zero-order valence-electron chi connectivity index (χ0n) is 9.94. The molecule has 0 spiro atoms. The molecular formula is C11H23SiZr. The van der Waals surface area contributed by atoms with Crippen LogP contribution in [0.2, 0.25) is 33.5 Å². The topological polar surface area (TPSA) is 0 Å². The van der Waals surface area contributed by atoms with E-state index in [-0.39, 0.29) is 0 Å². The molecule has 0 aliphatic heterocycles. The van der Waals surface area contributed by atoms with E-state index in [1.54, 1.807) is 0 Å². The first kappa shape index (κ1) is 11.7. The minimum absolute atomic E-state index is 0.973. The van der Waals surface area contributed by atoms with Gasteiger partial charge in [-0.15, -0.1) is 0 Å². The van der Waals surface area contributed by atoms with E-state index in [4.69, 9.17) is 0 Å². The van der Waals surface area contributed by atoms with Crippen LogP contribution in [0.15, 0.2) is 21.5 Å². The summed E-state index contributed by atoms with van der Waals surface area (Å²) in [6.07, 6.45) is 8.22. The summed E-state index contributed by atoms with van der Waals surface area (Å²) in [6.45, 7) is 7.66. The van der Waals surface area contributed by atoms with Crippen molar-refractivity contribution < 1.29 is 17.9 Å². The van der Waals surface area contributed by atoms with Gasteiger partial charge in [0.25, 0.3) is 0 Å². The predicted molar refractivity (Wildman–Crippen MR) is 62.8 cm³/mol. The molecule has 0 bridgehead atoms. The predicted octanol–water partition coefficient (Wildman–Crippen LogP) is 4.50. The Balaban J connectivity index is 3.11. The van der Waals surface area contributed by atoms with E-state index in [0.717, 1.165) is 0 Å². The van der Waals surface area contributed by atoms with Gasteiger partial charge in [0.05, 0.1) is 0 Å². The summed E-state index contributed by atoms with van der Waals surface area (Å²) in [5, 5.41) is -0.973. The fourth-order valence-corrected chi connectivity index (χ4v) is 14.5. The molecule has 75 valence electrons. The molecule has 2 heteroatoms. The molecule has 0 amide bonds. The SMILES string of the molecule is C[Si](C)(C)[Zr]([CH3])([CH3])([CH3])[C]1=CC=CC1. The van der Waals surface area contributed by atoms with E-state index in [1.165, 1.54) is 6.42 Å². The van der Waals surface area contributed by atoms with Crippen LogP contribution in [0.25, 0.3) is 0 Å². The molecular weight excluding hydrogens is 251 g/mol. The molecule has 1 rings (SSSR count). The number of allylic oxidation sites excluding steroid dienone is 4. The third kappa shape index (κ3) is 1.85. The second kappa shape index (κ2) is 3.03. The molecule has 0 atom stereocenters. The van der Waals surface area contributed by atoms with Gasteiger partial charge in [-0.25, -0.2) is 0 Å². The molecule has 0 N–H and O–H groups in total. The van der Waals surface area contributed by atoms with Gasteiger partial charge in [0, 0.05) is 0 Å². The molecule has 0 heterocycles. The van der Waals surface area contributed by atoms with E-state index >= 15 is 0 Å². The second-order valence-electron chi connectivity index (χ2n) is 6.70. The van der Waals surface area contributed by atoms with Crippen molar-refractivity contribution >= 4 is 5.20 Å². The van der Waals surface area contributed by atoms with Crippen LogP contribution in [-0.4, -0.2) is 5.20 Å². The van der Waals surface area contributed by atoms with Gasteiger partial charge in [-0.2, -0.15) is 0 Å². The van der Waals surface area contributed by atoms with Crippen molar-refractivity contribution in [3.63, 3.8) is 0 Å². The summed E-state index contributed by atoms with van der Waals surface area (Å²) < 4.78 is 9.71. The van der Waals surface area contributed by atoms with E-state index in [1.807, 2.05) is 3.28 Å². The number of hydrogen-bond acceptors (Lipinski definition) is 0. The van der Waals surface area contributed by atoms with Crippen LogP contribution >= 0.6 is 0 Å². The fourth-order valence-electron chi connectivity index (χ4n) is 1.58. The van der Waals surface area contributed by atoms with Crippen molar-refractivity contribution in [3.8, 4) is 0 Å². The first-order valence-electron chi connectivity index (χ1n) is 5.22. The Kier molecular flexibility index (Phi) is 2.72. The van der Waals surface area contributed by atoms with Crippen LogP contribution in [-0.2, 0) is 17.9 Å². The third-order valence-electron chi connectivity index (χ3n) is 4.52. The van der Waals surface area contributed by atoms with E-state index in [0.29, 0.717) is 0 Å². The quantitative estimate of drug-likeness (QED) is 0.651. The molecule has 0 nitrogen and oxygen atoms in total. The van der Waals surface area contributed by atoms with Crippen molar-refractivity contribution in [2.75, 3.05) is 0 Å². The summed E-state index contributed by atoms with van der Waals surface area (Å²) >= 11 is -2.43. The molecule has 0 radical (unpaired) electrons. The standard InChI is InChI=1S/C5H5.C3H9Si.3CH3.Zr/c1-2-4-5-3-1;1-4(2)3;;;;/h1-3H,4H2;1-3H3;3*1H3;. The minimum atomic E-state index is -2.43. The van der Waals surface area contributed by atoms with Gasteiger partial charge in [0.1, 0.15) is 0 Å². The van der Waals surface area contributed by atoms with Crippen molar-refractivity contribution in [3.05, 3.63) is 21.5 Å². The van der Waals surface area contributed by atoms with Crippen LogP contribution in [0.1, 0.15) is 6.42 Å². The average molecular weight is 275 g/mol. The Bertz CT molecular complexity index is 271. The maximum absolute atomic E-state index is 2.63. The molecule has 1 aliphatic carbocycles. The third-order valence-corrected chi connectivity index (χ3v) is 56.8. The number of rotatable bonds is 2. The molecule has 0 aromatic rings. The summed E-state index contributed by atoms with van der Waals surface area (Å²) in [6, 6.07) is 0. The molecule has 0 saturated carbocycles. The molecule has 13 heavy (non-hydrogen) atoms. The maximum atomic E-state index is 2.63. The average Bonchev–Trinajstić information content (AvgIpc) is 2.32. The van der Waals surface area contributed by atoms with Crippen LogP contribution < -0.4 is 0 Å². The monoisotopic (exact) mass is 273 g/mol. The van der Waals surface area contributed by atoms with Crippen molar-refractivity contribution in [1.82, 2.24) is 0 Å². The molecule has 0 fully saturated rings. The molecule has 0 aromatic heterocycles. The van der Waals surface area contributed by atoms with Crippen LogP contribution in [0.5, 0.6) is 0 Å². The van der Waals surface area contributed by atoms with Gasteiger partial charge in [-0.1, -0.05) is 0 Å². The van der Waals surface area contributed by atoms with Crippen LogP contribution in [0, 0.1) is 0 Å². The van der Waals surface area contributed by atoms with Crippen molar-refractivity contribution in [2.24, 2.45) is 0 Å². The second-order valence-corrected chi connectivity index (χ2v) is 49.6. The van der Waals surface area contributed by atoms with Gasteiger partial charge in [-0.3, -0.25) is 0 Å². The van der Waals surface area contributed by atoms with Gasteiger partial charge >= 0.3 is 84.6 Å². The van der Waals surface area contributed by atoms with E-state index in [9.17, 15) is 0 Å². The van der Waals surface area contributed by atoms with Gasteiger partial charge in [0.15, 0.2) is 0 Å². The first-order chi connectivity index (χ1) is 5.64. The van der Waals surface area contributed by atoms with Crippen molar-refractivity contribution in [1.29, 1.82) is 0 Å². The molecule has 0 saturated heterocycles. The Morgan fingerprint density at radius 2 is 1.69 bits per heavy atom. The Labute approximate surface area is 84.2 Å². The molecule has 0 aromatic carbocycles. The Morgan fingerprint density at radius 1 is 1.15 bits per heavy atom. The summed E-state index contributed by atoms with van der Waals surface area (Å²) in [4.78, 5) is 0. The zero-order valence-corrected chi connectivity index (χ0v) is 13.4. The van der Waals surface area contributed by atoms with Crippen molar-refractivity contribution in [2.45, 2.75) is 40.0 Å². The normalized spacial score (nSPS) is 21.1. The number of hydrogen-bond donors (Lipinski definition) is 0. The zero-order chi connectivity index (χ0) is 10.4. The molecule has 1 aliphatic rings. The first-order valence-corrected chi connectivity index (χ1v) is 21.0. The van der Waals surface area contributed by atoms with Gasteiger partial charge in [-0.05, 0) is 0 Å². The molecule has 0 unspecified atom stereocenters. The van der Waals surface area contributed by atoms with Gasteiger partial charge < -0.3 is 0 Å². The fraction of sp³-hybridized carbons (Fsp3) is 0.636. The van der Waals surface area contributed by atoms with Crippen LogP contribution in [0.4, 0.5) is 0 Å². The van der Waals surface area contributed by atoms with Gasteiger partial charge in [0.2, 0.25) is 0 Å². The Morgan fingerprint density at radius 3 is 2.00 bits per heavy atom. The summed E-state index contributed by atoms with van der Waals surface area (Å²) in [5.41, 5.74) is 0. The van der Waals surface area contributed by atoms with E-state index < -0.39 is 23.1 Å². The van der Waals surface area contributed by atoms with Crippen LogP contribution in [0.3, 0.4) is 0 Å².